The molecule has 0 aliphatic carbocycles. The lowest BCUT2D eigenvalue weighted by Crippen LogP contribution is -2.27. The Balaban J connectivity index is 1.79. The molecule has 0 bridgehead atoms. The second-order valence-electron chi connectivity index (χ2n) is 6.18. The molecule has 1 aliphatic heterocycles. The van der Waals surface area contributed by atoms with Crippen molar-refractivity contribution in [3.8, 4) is 0 Å². The molecule has 0 N–H and O–H groups in total. The highest BCUT2D eigenvalue weighted by Gasteiger charge is 2.35. The Bertz CT molecular complexity index is 843. The minimum atomic E-state index is -0.275. The van der Waals surface area contributed by atoms with Gasteiger partial charge < -0.3 is 0 Å². The number of nitrogens with zero attached hydrogens (tertiary/aromatic N) is 1. The van der Waals surface area contributed by atoms with Crippen LogP contribution in [-0.2, 0) is 11.3 Å². The summed E-state index contributed by atoms with van der Waals surface area (Å²) < 4.78 is 0. The quantitative estimate of drug-likeness (QED) is 0.647. The van der Waals surface area contributed by atoms with Gasteiger partial charge in [-0.25, -0.2) is 0 Å². The van der Waals surface area contributed by atoms with Gasteiger partial charge >= 0.3 is 0 Å². The van der Waals surface area contributed by atoms with Gasteiger partial charge in [0.15, 0.2) is 0 Å². The maximum Gasteiger partial charge on any atom is 0.293 e. The molecule has 128 valence electrons. The molecule has 0 atom stereocenters. The zero-order valence-corrected chi connectivity index (χ0v) is 15.6. The van der Waals surface area contributed by atoms with Crippen LogP contribution in [-0.4, -0.2) is 16.0 Å². The highest BCUT2D eigenvalue weighted by Crippen LogP contribution is 2.34. The highest BCUT2D eigenvalue weighted by molar-refractivity contribution is 8.18. The van der Waals surface area contributed by atoms with E-state index in [0.717, 1.165) is 22.9 Å². The summed E-state index contributed by atoms with van der Waals surface area (Å²) in [5, 5.41) is 0.282. The summed E-state index contributed by atoms with van der Waals surface area (Å²) in [6, 6.07) is 15.3. The van der Waals surface area contributed by atoms with Crippen LogP contribution in [0, 0.1) is 0 Å². The van der Waals surface area contributed by atoms with Crippen molar-refractivity contribution in [3.63, 3.8) is 0 Å². The molecule has 0 radical (unpaired) electrons. The topological polar surface area (TPSA) is 37.4 Å². The number of carbonyl (C=O) groups excluding carboxylic acids is 2. The summed E-state index contributed by atoms with van der Waals surface area (Å²) in [6.45, 7) is 4.46. The van der Waals surface area contributed by atoms with E-state index in [1.54, 1.807) is 12.1 Å². The van der Waals surface area contributed by atoms with E-state index >= 15 is 0 Å². The molecule has 25 heavy (non-hydrogen) atoms. The van der Waals surface area contributed by atoms with Crippen molar-refractivity contribution in [3.05, 3.63) is 75.1 Å². The predicted octanol–water partition coefficient (Wildman–Crippen LogP) is 5.70. The van der Waals surface area contributed by atoms with Crippen molar-refractivity contribution in [1.82, 2.24) is 4.90 Å². The Hall–Kier alpha value is -2.04. The number of hydrogen-bond donors (Lipinski definition) is 0. The normalized spacial score (nSPS) is 16.3. The summed E-state index contributed by atoms with van der Waals surface area (Å²) in [5.74, 6) is 0.180. The Morgan fingerprint density at radius 2 is 1.76 bits per heavy atom. The molecule has 1 fully saturated rings. The minimum Gasteiger partial charge on any atom is -0.268 e. The molecule has 2 aromatic rings. The van der Waals surface area contributed by atoms with Gasteiger partial charge in [0.2, 0.25) is 0 Å². The molecule has 0 spiro atoms. The number of imide groups is 1. The van der Waals surface area contributed by atoms with Crippen molar-refractivity contribution < 1.29 is 9.59 Å². The Kier molecular flexibility index (Phi) is 5.30. The van der Waals surface area contributed by atoms with Gasteiger partial charge in [0, 0.05) is 5.02 Å². The van der Waals surface area contributed by atoms with Crippen LogP contribution in [0.2, 0.25) is 5.02 Å². The monoisotopic (exact) mass is 371 g/mol. The van der Waals surface area contributed by atoms with Crippen LogP contribution in [0.15, 0.2) is 53.4 Å². The first-order valence-electron chi connectivity index (χ1n) is 8.04. The van der Waals surface area contributed by atoms with E-state index in [1.165, 1.54) is 10.5 Å². The average molecular weight is 372 g/mol. The number of halogens is 1. The summed E-state index contributed by atoms with van der Waals surface area (Å²) in [7, 11) is 0. The van der Waals surface area contributed by atoms with E-state index in [2.05, 4.69) is 13.8 Å². The van der Waals surface area contributed by atoms with Crippen molar-refractivity contribution in [2.24, 2.45) is 0 Å². The van der Waals surface area contributed by atoms with Crippen LogP contribution < -0.4 is 0 Å². The smallest absolute Gasteiger partial charge is 0.268 e. The molecular weight excluding hydrogens is 354 g/mol. The third kappa shape index (κ3) is 3.97. The van der Waals surface area contributed by atoms with E-state index < -0.39 is 0 Å². The van der Waals surface area contributed by atoms with Gasteiger partial charge in [-0.05, 0) is 46.5 Å². The predicted molar refractivity (Wildman–Crippen MR) is 103 cm³/mol. The largest absolute Gasteiger partial charge is 0.293 e. The van der Waals surface area contributed by atoms with Gasteiger partial charge in [0.05, 0.1) is 11.4 Å². The maximum absolute atomic E-state index is 12.6. The van der Waals surface area contributed by atoms with Crippen molar-refractivity contribution in [1.29, 1.82) is 0 Å². The van der Waals surface area contributed by atoms with E-state index in [-0.39, 0.29) is 17.7 Å². The first-order chi connectivity index (χ1) is 12.0. The molecule has 0 aromatic heterocycles. The molecule has 5 heteroatoms. The lowest BCUT2D eigenvalue weighted by atomic mass is 10.0. The maximum atomic E-state index is 12.6. The molecule has 1 aliphatic rings. The fourth-order valence-corrected chi connectivity index (χ4v) is 3.60. The molecule has 2 aromatic carbocycles. The number of rotatable bonds is 4. The number of benzene rings is 2. The lowest BCUT2D eigenvalue weighted by molar-refractivity contribution is -0.123. The standard InChI is InChI=1S/C20H18ClNO2S/c1-13(2)15-9-7-14(8-10-15)11-18-19(23)22(20(24)25-18)12-16-5-3-4-6-17(16)21/h3-11,13H,12H2,1-2H3. The molecule has 3 nitrogen and oxygen atoms in total. The molecule has 0 saturated carbocycles. The Labute approximate surface area is 156 Å². The Morgan fingerprint density at radius 3 is 2.40 bits per heavy atom. The first kappa shape index (κ1) is 17.8. The molecule has 0 unspecified atom stereocenters. The fraction of sp³-hybridized carbons (Fsp3) is 0.200. The number of hydrogen-bond acceptors (Lipinski definition) is 3. The molecule has 2 amide bonds. The van der Waals surface area contributed by atoms with Crippen molar-refractivity contribution >= 4 is 40.6 Å². The van der Waals surface area contributed by atoms with E-state index in [4.69, 9.17) is 11.6 Å². The highest BCUT2D eigenvalue weighted by atomic mass is 35.5. The summed E-state index contributed by atoms with van der Waals surface area (Å²) in [6.07, 6.45) is 1.77. The molecular formula is C20H18ClNO2S. The van der Waals surface area contributed by atoms with Crippen LogP contribution in [0.5, 0.6) is 0 Å². The fourth-order valence-electron chi connectivity index (χ4n) is 2.56. The average Bonchev–Trinajstić information content (AvgIpc) is 2.85. The lowest BCUT2D eigenvalue weighted by Gasteiger charge is -2.13. The van der Waals surface area contributed by atoms with Crippen molar-refractivity contribution in [2.75, 3.05) is 0 Å². The van der Waals surface area contributed by atoms with E-state index in [9.17, 15) is 9.59 Å². The van der Waals surface area contributed by atoms with Gasteiger partial charge in [0.25, 0.3) is 11.1 Å². The number of thioether (sulfide) groups is 1. The molecule has 1 heterocycles. The summed E-state index contributed by atoms with van der Waals surface area (Å²) in [5.41, 5.74) is 2.91. The molecule has 3 rings (SSSR count). The van der Waals surface area contributed by atoms with Gasteiger partial charge in [0.1, 0.15) is 0 Å². The SMILES string of the molecule is CC(C)c1ccc(C=C2SC(=O)N(Cc3ccccc3Cl)C2=O)cc1. The van der Waals surface area contributed by atoms with E-state index in [1.807, 2.05) is 42.5 Å². The zero-order valence-electron chi connectivity index (χ0n) is 14.0. The second kappa shape index (κ2) is 7.46. The second-order valence-corrected chi connectivity index (χ2v) is 7.58. The Morgan fingerprint density at radius 1 is 1.08 bits per heavy atom. The van der Waals surface area contributed by atoms with Gasteiger partial charge in [-0.1, -0.05) is 67.9 Å². The number of carbonyl (C=O) groups is 2. The third-order valence-electron chi connectivity index (χ3n) is 4.06. The van der Waals surface area contributed by atoms with Gasteiger partial charge in [-0.15, -0.1) is 0 Å². The zero-order chi connectivity index (χ0) is 18.0. The van der Waals surface area contributed by atoms with Gasteiger partial charge in [-0.3, -0.25) is 14.5 Å². The first-order valence-corrected chi connectivity index (χ1v) is 9.24. The van der Waals surface area contributed by atoms with Gasteiger partial charge in [-0.2, -0.15) is 0 Å². The van der Waals surface area contributed by atoms with Crippen molar-refractivity contribution in [2.45, 2.75) is 26.3 Å². The minimum absolute atomic E-state index is 0.188. The van der Waals surface area contributed by atoms with Crippen LogP contribution in [0.3, 0.4) is 0 Å². The summed E-state index contributed by atoms with van der Waals surface area (Å²) >= 11 is 7.10. The van der Waals surface area contributed by atoms with Crippen LogP contribution in [0.25, 0.3) is 6.08 Å². The number of amides is 2. The van der Waals surface area contributed by atoms with Crippen LogP contribution in [0.1, 0.15) is 36.5 Å². The third-order valence-corrected chi connectivity index (χ3v) is 5.34. The van der Waals surface area contributed by atoms with E-state index in [0.29, 0.717) is 15.8 Å². The van der Waals surface area contributed by atoms with Crippen LogP contribution >= 0.6 is 23.4 Å². The van der Waals surface area contributed by atoms with Crippen LogP contribution in [0.4, 0.5) is 4.79 Å². The summed E-state index contributed by atoms with van der Waals surface area (Å²) in [4.78, 5) is 26.5. The molecule has 1 saturated heterocycles.